The van der Waals surface area contributed by atoms with Gasteiger partial charge in [0.15, 0.2) is 0 Å². The van der Waals surface area contributed by atoms with Crippen LogP contribution in [-0.2, 0) is 16.1 Å². The van der Waals surface area contributed by atoms with Crippen LogP contribution in [0, 0.1) is 5.82 Å². The Hall–Kier alpha value is -3.75. The van der Waals surface area contributed by atoms with E-state index in [1.807, 2.05) is 0 Å². The van der Waals surface area contributed by atoms with E-state index >= 15 is 0 Å². The van der Waals surface area contributed by atoms with Crippen molar-refractivity contribution in [3.05, 3.63) is 69.1 Å². The molecule has 0 aliphatic rings. The van der Waals surface area contributed by atoms with Crippen molar-refractivity contribution in [2.45, 2.75) is 13.5 Å². The molecule has 27 heavy (non-hydrogen) atoms. The number of aromatic amines is 1. The van der Waals surface area contributed by atoms with Crippen LogP contribution in [0.4, 0.5) is 15.8 Å². The van der Waals surface area contributed by atoms with E-state index in [0.717, 1.165) is 16.7 Å². The van der Waals surface area contributed by atoms with Crippen molar-refractivity contribution >= 4 is 34.1 Å². The maximum Gasteiger partial charge on any atom is 0.329 e. The van der Waals surface area contributed by atoms with Gasteiger partial charge in [0, 0.05) is 18.3 Å². The first-order valence-corrected chi connectivity index (χ1v) is 7.93. The summed E-state index contributed by atoms with van der Waals surface area (Å²) in [6.45, 7) is 0.835. The normalized spacial score (nSPS) is 10.6. The zero-order valence-electron chi connectivity index (χ0n) is 14.2. The highest BCUT2D eigenvalue weighted by Gasteiger charge is 2.12. The smallest absolute Gasteiger partial charge is 0.326 e. The summed E-state index contributed by atoms with van der Waals surface area (Å²) in [4.78, 5) is 50.2. The zero-order valence-corrected chi connectivity index (χ0v) is 14.2. The average molecular weight is 370 g/mol. The zero-order chi connectivity index (χ0) is 19.6. The van der Waals surface area contributed by atoms with Gasteiger partial charge in [-0.05, 0) is 36.4 Å². The minimum atomic E-state index is -0.819. The van der Waals surface area contributed by atoms with Crippen LogP contribution in [0.25, 0.3) is 10.9 Å². The number of fused-ring (bicyclic) bond motifs is 1. The molecular weight excluding hydrogens is 355 g/mol. The summed E-state index contributed by atoms with van der Waals surface area (Å²) >= 11 is 0. The Labute approximate surface area is 151 Å². The molecule has 0 saturated heterocycles. The third-order valence-electron chi connectivity index (χ3n) is 3.71. The van der Waals surface area contributed by atoms with Crippen molar-refractivity contribution in [2.24, 2.45) is 0 Å². The predicted octanol–water partition coefficient (Wildman–Crippen LogP) is 1.43. The maximum atomic E-state index is 13.2. The highest BCUT2D eigenvalue weighted by molar-refractivity contribution is 5.93. The fourth-order valence-corrected chi connectivity index (χ4v) is 2.59. The number of nitrogens with one attached hydrogen (secondary N) is 3. The first kappa shape index (κ1) is 18.1. The molecule has 0 atom stereocenters. The van der Waals surface area contributed by atoms with Crippen molar-refractivity contribution in [3.63, 3.8) is 0 Å². The summed E-state index contributed by atoms with van der Waals surface area (Å²) in [5.41, 5.74) is -0.581. The summed E-state index contributed by atoms with van der Waals surface area (Å²) in [6.07, 6.45) is 0. The molecule has 0 radical (unpaired) electrons. The molecule has 2 aromatic carbocycles. The van der Waals surface area contributed by atoms with Crippen molar-refractivity contribution in [1.29, 1.82) is 0 Å². The molecule has 0 fully saturated rings. The molecule has 0 bridgehead atoms. The van der Waals surface area contributed by atoms with Crippen LogP contribution in [0.15, 0.2) is 52.1 Å². The fourth-order valence-electron chi connectivity index (χ4n) is 2.59. The van der Waals surface area contributed by atoms with Crippen LogP contribution in [0.3, 0.4) is 0 Å². The Morgan fingerprint density at radius 1 is 1.07 bits per heavy atom. The molecule has 3 rings (SSSR count). The number of H-pyrrole nitrogens is 1. The topological polar surface area (TPSA) is 113 Å². The Balaban J connectivity index is 1.84. The minimum absolute atomic E-state index is 0.0599. The van der Waals surface area contributed by atoms with E-state index in [2.05, 4.69) is 15.6 Å². The summed E-state index contributed by atoms with van der Waals surface area (Å²) in [5.74, 6) is -1.46. The van der Waals surface area contributed by atoms with Crippen molar-refractivity contribution < 1.29 is 14.0 Å². The number of nitrogens with zero attached hydrogens (tertiary/aromatic N) is 1. The maximum absolute atomic E-state index is 13.2. The lowest BCUT2D eigenvalue weighted by Crippen LogP contribution is -2.38. The van der Waals surface area contributed by atoms with Gasteiger partial charge in [-0.25, -0.2) is 9.18 Å². The van der Waals surface area contributed by atoms with Crippen LogP contribution in [0.2, 0.25) is 0 Å². The minimum Gasteiger partial charge on any atom is -0.326 e. The molecule has 3 N–H and O–H groups in total. The number of carbonyl (C=O) groups excluding carboxylic acids is 2. The lowest BCUT2D eigenvalue weighted by atomic mass is 10.2. The molecule has 0 aliphatic carbocycles. The number of benzene rings is 2. The van der Waals surface area contributed by atoms with E-state index in [0.29, 0.717) is 11.4 Å². The highest BCUT2D eigenvalue weighted by Crippen LogP contribution is 2.15. The van der Waals surface area contributed by atoms with Crippen LogP contribution in [-0.4, -0.2) is 21.4 Å². The summed E-state index contributed by atoms with van der Waals surface area (Å²) in [5, 5.41) is 5.23. The Kier molecular flexibility index (Phi) is 4.84. The Bertz CT molecular complexity index is 1170. The lowest BCUT2D eigenvalue weighted by molar-refractivity contribution is -0.117. The summed E-state index contributed by atoms with van der Waals surface area (Å²) in [6, 6.07) is 9.79. The van der Waals surface area contributed by atoms with Crippen molar-refractivity contribution in [2.75, 3.05) is 10.6 Å². The molecule has 2 amide bonds. The van der Waals surface area contributed by atoms with Crippen molar-refractivity contribution in [1.82, 2.24) is 9.55 Å². The molecule has 3 aromatic rings. The molecule has 0 unspecified atom stereocenters. The first-order valence-electron chi connectivity index (χ1n) is 7.93. The van der Waals surface area contributed by atoms with Crippen molar-refractivity contribution in [3.8, 4) is 0 Å². The fraction of sp³-hybridized carbons (Fsp3) is 0.111. The van der Waals surface area contributed by atoms with E-state index < -0.39 is 29.5 Å². The number of carbonyl (C=O) groups is 2. The standard InChI is InChI=1S/C18H15FN4O4/c1-10(24)20-12-3-2-4-13(8-12)21-16(25)9-23-17(26)14-6-5-11(19)7-15(14)22-18(23)27/h2-8H,9H2,1H3,(H,20,24)(H,21,25)(H,22,27). The van der Waals surface area contributed by atoms with Gasteiger partial charge in [-0.2, -0.15) is 0 Å². The molecule has 0 spiro atoms. The van der Waals surface area contributed by atoms with E-state index in [1.165, 1.54) is 19.1 Å². The number of hydrogen-bond donors (Lipinski definition) is 3. The largest absolute Gasteiger partial charge is 0.329 e. The number of aromatic nitrogens is 2. The third-order valence-corrected chi connectivity index (χ3v) is 3.71. The molecule has 8 nitrogen and oxygen atoms in total. The van der Waals surface area contributed by atoms with Crippen LogP contribution >= 0.6 is 0 Å². The number of anilines is 2. The van der Waals surface area contributed by atoms with Gasteiger partial charge in [0.05, 0.1) is 10.9 Å². The second kappa shape index (κ2) is 7.24. The Morgan fingerprint density at radius 3 is 2.48 bits per heavy atom. The van der Waals surface area contributed by atoms with Gasteiger partial charge in [-0.15, -0.1) is 0 Å². The lowest BCUT2D eigenvalue weighted by Gasteiger charge is -2.09. The van der Waals surface area contributed by atoms with Crippen LogP contribution in [0.5, 0.6) is 0 Å². The quantitative estimate of drug-likeness (QED) is 0.645. The van der Waals surface area contributed by atoms with E-state index in [4.69, 9.17) is 0 Å². The summed E-state index contributed by atoms with van der Waals surface area (Å²) in [7, 11) is 0. The van der Waals surface area contributed by atoms with Gasteiger partial charge in [0.25, 0.3) is 5.56 Å². The third kappa shape index (κ3) is 4.09. The Morgan fingerprint density at radius 2 is 1.78 bits per heavy atom. The second-order valence-corrected chi connectivity index (χ2v) is 5.82. The highest BCUT2D eigenvalue weighted by atomic mass is 19.1. The van der Waals surface area contributed by atoms with E-state index in [-0.39, 0.29) is 16.8 Å². The van der Waals surface area contributed by atoms with Gasteiger partial charge in [0.2, 0.25) is 11.8 Å². The predicted molar refractivity (Wildman–Crippen MR) is 98.2 cm³/mol. The van der Waals surface area contributed by atoms with Crippen LogP contribution < -0.4 is 21.9 Å². The van der Waals surface area contributed by atoms with Crippen LogP contribution in [0.1, 0.15) is 6.92 Å². The van der Waals surface area contributed by atoms with E-state index in [1.54, 1.807) is 18.2 Å². The molecule has 1 heterocycles. The van der Waals surface area contributed by atoms with Gasteiger partial charge in [-0.1, -0.05) is 6.07 Å². The van der Waals surface area contributed by atoms with E-state index in [9.17, 15) is 23.6 Å². The number of amides is 2. The summed E-state index contributed by atoms with van der Waals surface area (Å²) < 4.78 is 14.0. The number of halogens is 1. The molecule has 0 saturated carbocycles. The average Bonchev–Trinajstić information content (AvgIpc) is 2.58. The van der Waals surface area contributed by atoms with Gasteiger partial charge >= 0.3 is 5.69 Å². The second-order valence-electron chi connectivity index (χ2n) is 5.82. The molecular formula is C18H15FN4O4. The number of hydrogen-bond acceptors (Lipinski definition) is 4. The molecule has 9 heteroatoms. The molecule has 0 aliphatic heterocycles. The van der Waals surface area contributed by atoms with Gasteiger partial charge < -0.3 is 15.6 Å². The van der Waals surface area contributed by atoms with Gasteiger partial charge in [0.1, 0.15) is 12.4 Å². The molecule has 138 valence electrons. The SMILES string of the molecule is CC(=O)Nc1cccc(NC(=O)Cn2c(=O)[nH]c3cc(F)ccc3c2=O)c1. The molecule has 1 aromatic heterocycles. The monoisotopic (exact) mass is 370 g/mol. The van der Waals surface area contributed by atoms with Gasteiger partial charge in [-0.3, -0.25) is 19.0 Å². The first-order chi connectivity index (χ1) is 12.8. The number of rotatable bonds is 4.